The molecule has 3 aliphatic rings. The Morgan fingerprint density at radius 3 is 2.54 bits per heavy atom. The van der Waals surface area contributed by atoms with Crippen LogP contribution in [0.4, 0.5) is 0 Å². The summed E-state index contributed by atoms with van der Waals surface area (Å²) in [6.45, 7) is 9.93. The number of carbonyl (C=O) groups excluding carboxylic acids is 3. The number of methoxy groups -OCH3 is 1. The van der Waals surface area contributed by atoms with Crippen molar-refractivity contribution in [3.63, 3.8) is 0 Å². The van der Waals surface area contributed by atoms with E-state index in [0.29, 0.717) is 22.6 Å². The monoisotopic (exact) mass is 388 g/mol. The third-order valence-electron chi connectivity index (χ3n) is 7.23. The molecule has 1 saturated carbocycles. The van der Waals surface area contributed by atoms with Crippen LogP contribution in [0.2, 0.25) is 0 Å². The summed E-state index contributed by atoms with van der Waals surface area (Å²) in [6.07, 6.45) is 4.96. The summed E-state index contributed by atoms with van der Waals surface area (Å²) in [5.74, 6) is -0.632. The van der Waals surface area contributed by atoms with Crippen LogP contribution in [-0.4, -0.2) is 37.4 Å². The van der Waals surface area contributed by atoms with E-state index in [2.05, 4.69) is 20.8 Å². The fraction of sp³-hybridized carbons (Fsp3) is 0.696. The van der Waals surface area contributed by atoms with Crippen LogP contribution >= 0.6 is 0 Å². The van der Waals surface area contributed by atoms with Crippen molar-refractivity contribution in [2.75, 3.05) is 13.7 Å². The minimum atomic E-state index is -0.394. The number of Topliss-reactive ketones (excluding diaryl/α,β-unsaturated/α-hetero) is 1. The summed E-state index contributed by atoms with van der Waals surface area (Å²) in [6, 6.07) is 0. The molecule has 28 heavy (non-hydrogen) atoms. The maximum Gasteiger partial charge on any atom is 0.302 e. The van der Waals surface area contributed by atoms with Crippen molar-refractivity contribution < 1.29 is 23.9 Å². The molecule has 0 aromatic rings. The van der Waals surface area contributed by atoms with Crippen molar-refractivity contribution in [3.8, 4) is 0 Å². The van der Waals surface area contributed by atoms with E-state index >= 15 is 0 Å². The first-order chi connectivity index (χ1) is 13.0. The number of hydrogen-bond donors (Lipinski definition) is 0. The molecule has 0 aromatic carbocycles. The van der Waals surface area contributed by atoms with Gasteiger partial charge in [-0.25, -0.2) is 0 Å². The van der Waals surface area contributed by atoms with E-state index in [9.17, 15) is 14.4 Å². The molecule has 5 nitrogen and oxygen atoms in total. The van der Waals surface area contributed by atoms with Gasteiger partial charge in [0.2, 0.25) is 0 Å². The zero-order valence-electron chi connectivity index (χ0n) is 17.9. The lowest BCUT2D eigenvalue weighted by molar-refractivity contribution is -0.142. The van der Waals surface area contributed by atoms with E-state index in [1.165, 1.54) is 13.0 Å². The fourth-order valence-corrected chi connectivity index (χ4v) is 5.82. The second-order valence-electron chi connectivity index (χ2n) is 9.56. The highest BCUT2D eigenvalue weighted by molar-refractivity contribution is 6.24. The van der Waals surface area contributed by atoms with Gasteiger partial charge in [-0.3, -0.25) is 14.4 Å². The largest absolute Gasteiger partial charge is 0.465 e. The Hall–Kier alpha value is -1.75. The van der Waals surface area contributed by atoms with Crippen molar-refractivity contribution in [2.45, 2.75) is 66.4 Å². The Labute approximate surface area is 167 Å². The van der Waals surface area contributed by atoms with Crippen molar-refractivity contribution in [1.82, 2.24) is 0 Å². The number of ketones is 2. The van der Waals surface area contributed by atoms with E-state index in [4.69, 9.17) is 9.47 Å². The Kier molecular flexibility index (Phi) is 5.43. The van der Waals surface area contributed by atoms with Gasteiger partial charge in [-0.2, -0.15) is 0 Å². The van der Waals surface area contributed by atoms with E-state index in [1.54, 1.807) is 7.11 Å². The van der Waals surface area contributed by atoms with Gasteiger partial charge in [-0.15, -0.1) is 0 Å². The molecule has 3 rings (SSSR count). The highest BCUT2D eigenvalue weighted by Gasteiger charge is 2.56. The SMILES string of the molecule is CO[C@@H]1C[C@H]2C(C)(C)CCC[C@]2(C)C2=C1C(=O)C(C(C)COC(C)=O)=CC2=O. The number of hydrogen-bond acceptors (Lipinski definition) is 5. The van der Waals surface area contributed by atoms with E-state index < -0.39 is 5.97 Å². The predicted molar refractivity (Wildman–Crippen MR) is 106 cm³/mol. The minimum absolute atomic E-state index is 0.0776. The topological polar surface area (TPSA) is 69.7 Å². The highest BCUT2D eigenvalue weighted by Crippen LogP contribution is 2.60. The number of ether oxygens (including phenoxy) is 2. The van der Waals surface area contributed by atoms with Gasteiger partial charge < -0.3 is 9.47 Å². The first-order valence-electron chi connectivity index (χ1n) is 10.2. The summed E-state index contributed by atoms with van der Waals surface area (Å²) < 4.78 is 10.8. The molecule has 0 spiro atoms. The lowest BCUT2D eigenvalue weighted by Gasteiger charge is -2.56. The molecule has 0 radical (unpaired) electrons. The first-order valence-corrected chi connectivity index (χ1v) is 10.2. The zero-order valence-corrected chi connectivity index (χ0v) is 17.9. The molecule has 3 aliphatic carbocycles. The summed E-state index contributed by atoms with van der Waals surface area (Å²) >= 11 is 0. The molecule has 0 N–H and O–H groups in total. The summed E-state index contributed by atoms with van der Waals surface area (Å²) in [7, 11) is 1.62. The van der Waals surface area contributed by atoms with Crippen molar-refractivity contribution >= 4 is 17.5 Å². The van der Waals surface area contributed by atoms with E-state index in [-0.39, 0.29) is 41.0 Å². The van der Waals surface area contributed by atoms with Crippen LogP contribution in [-0.2, 0) is 23.9 Å². The molecule has 5 heteroatoms. The molecule has 0 aliphatic heterocycles. The van der Waals surface area contributed by atoms with Gasteiger partial charge in [-0.05, 0) is 36.7 Å². The van der Waals surface area contributed by atoms with Gasteiger partial charge in [0.15, 0.2) is 11.6 Å². The van der Waals surface area contributed by atoms with E-state index in [0.717, 1.165) is 25.7 Å². The van der Waals surface area contributed by atoms with Crippen LogP contribution in [0.15, 0.2) is 22.8 Å². The maximum absolute atomic E-state index is 13.4. The molecular formula is C23H32O5. The standard InChI is InChI=1S/C23H32O5/c1-13(12-28-14(2)24)15-10-16(25)20-19(21(15)26)17(27-6)11-18-22(3,4)8-7-9-23(18,20)5/h10,13,17-18H,7-9,11-12H2,1-6H3/t13?,17-,18+,23+/m1/s1. The second-order valence-corrected chi connectivity index (χ2v) is 9.56. The fourth-order valence-electron chi connectivity index (χ4n) is 5.82. The second kappa shape index (κ2) is 7.25. The minimum Gasteiger partial charge on any atom is -0.465 e. The summed E-state index contributed by atoms with van der Waals surface area (Å²) in [5.41, 5.74) is 1.41. The molecule has 0 amide bonds. The molecule has 0 saturated heterocycles. The Morgan fingerprint density at radius 1 is 1.25 bits per heavy atom. The first kappa shape index (κ1) is 21.0. The zero-order chi connectivity index (χ0) is 20.9. The lowest BCUT2D eigenvalue weighted by Crippen LogP contribution is -2.52. The molecule has 4 atom stereocenters. The van der Waals surface area contributed by atoms with Gasteiger partial charge in [0.05, 0.1) is 12.7 Å². The van der Waals surface area contributed by atoms with Crippen molar-refractivity contribution in [3.05, 3.63) is 22.8 Å². The quantitative estimate of drug-likeness (QED) is 0.541. The van der Waals surface area contributed by atoms with Gasteiger partial charge in [0.1, 0.15) is 0 Å². The van der Waals surface area contributed by atoms with Crippen LogP contribution in [0, 0.1) is 22.7 Å². The molecule has 0 aromatic heterocycles. The number of rotatable bonds is 4. The Morgan fingerprint density at radius 2 is 1.93 bits per heavy atom. The van der Waals surface area contributed by atoms with Gasteiger partial charge in [0.25, 0.3) is 0 Å². The highest BCUT2D eigenvalue weighted by atomic mass is 16.5. The van der Waals surface area contributed by atoms with Gasteiger partial charge in [-0.1, -0.05) is 34.1 Å². The van der Waals surface area contributed by atoms with Crippen LogP contribution < -0.4 is 0 Å². The van der Waals surface area contributed by atoms with Gasteiger partial charge in [0, 0.05) is 42.1 Å². The number of esters is 1. The maximum atomic E-state index is 13.4. The molecule has 0 heterocycles. The van der Waals surface area contributed by atoms with Crippen LogP contribution in [0.5, 0.6) is 0 Å². The Balaban J connectivity index is 2.04. The predicted octanol–water partition coefficient (Wildman–Crippen LogP) is 3.81. The third-order valence-corrected chi connectivity index (χ3v) is 7.23. The lowest BCUT2D eigenvalue weighted by atomic mass is 9.48. The third kappa shape index (κ3) is 3.28. The summed E-state index contributed by atoms with van der Waals surface area (Å²) in [4.78, 5) is 37.9. The molecule has 1 unspecified atom stereocenters. The molecule has 1 fully saturated rings. The molecule has 0 bridgehead atoms. The average molecular weight is 389 g/mol. The molecule has 154 valence electrons. The number of fused-ring (bicyclic) bond motifs is 2. The van der Waals surface area contributed by atoms with Crippen LogP contribution in [0.3, 0.4) is 0 Å². The van der Waals surface area contributed by atoms with Crippen molar-refractivity contribution in [2.24, 2.45) is 22.7 Å². The molecular weight excluding hydrogens is 356 g/mol. The smallest absolute Gasteiger partial charge is 0.302 e. The van der Waals surface area contributed by atoms with Gasteiger partial charge >= 0.3 is 5.97 Å². The number of carbonyl (C=O) groups is 3. The summed E-state index contributed by atoms with van der Waals surface area (Å²) in [5, 5.41) is 0. The number of allylic oxidation sites excluding steroid dienone is 2. The van der Waals surface area contributed by atoms with Crippen molar-refractivity contribution in [1.29, 1.82) is 0 Å². The average Bonchev–Trinajstić information content (AvgIpc) is 2.61. The normalized spacial score (nSPS) is 33.0. The van der Waals surface area contributed by atoms with Crippen LogP contribution in [0.25, 0.3) is 0 Å². The Bertz CT molecular complexity index is 772. The van der Waals surface area contributed by atoms with Crippen LogP contribution in [0.1, 0.15) is 60.3 Å². The van der Waals surface area contributed by atoms with E-state index in [1.807, 2.05) is 6.92 Å².